The molecule has 1 aliphatic carbocycles. The molecule has 1 aromatic rings. The molecule has 0 aromatic heterocycles. The quantitative estimate of drug-likeness (QED) is 0.0394. The first-order chi connectivity index (χ1) is 22.6. The summed E-state index contributed by atoms with van der Waals surface area (Å²) in [5.41, 5.74) is 14.4. The second-order valence-electron chi connectivity index (χ2n) is 12.2. The van der Waals surface area contributed by atoms with Crippen LogP contribution in [0.1, 0.15) is 133 Å². The molecule has 2 N–H and O–H groups in total. The van der Waals surface area contributed by atoms with Crippen molar-refractivity contribution in [2.75, 3.05) is 19.7 Å². The first-order valence-corrected chi connectivity index (χ1v) is 18.2. The first kappa shape index (κ1) is 48.7. The average Bonchev–Trinajstić information content (AvgIpc) is 3.80. The van der Waals surface area contributed by atoms with Crippen LogP contribution < -0.4 is 56.7 Å². The Morgan fingerprint density at radius 3 is 2.10 bits per heavy atom. The summed E-state index contributed by atoms with van der Waals surface area (Å²) in [7, 11) is 0. The fourth-order valence-corrected chi connectivity index (χ4v) is 4.52. The Balaban J connectivity index is 0. The van der Waals surface area contributed by atoms with Crippen molar-refractivity contribution in [1.29, 1.82) is 0 Å². The minimum atomic E-state index is -0.222. The van der Waals surface area contributed by atoms with Crippen molar-refractivity contribution < 1.29 is 60.9 Å². The second kappa shape index (κ2) is 30.4. The summed E-state index contributed by atoms with van der Waals surface area (Å²) in [6.07, 6.45) is 18.4. The molecule has 0 heterocycles. The fourth-order valence-electron chi connectivity index (χ4n) is 4.52. The molecule has 1 saturated carbocycles. The third-order valence-corrected chi connectivity index (χ3v) is 7.61. The molecule has 5 nitrogen and oxygen atoms in total. The van der Waals surface area contributed by atoms with E-state index in [2.05, 4.69) is 91.0 Å². The fraction of sp³-hybridized carbons (Fsp3) is 0.571. The molecule has 0 saturated heterocycles. The minimum absolute atomic E-state index is 0. The Morgan fingerprint density at radius 1 is 0.979 bits per heavy atom. The van der Waals surface area contributed by atoms with Crippen LogP contribution in [0, 0.1) is 6.92 Å². The van der Waals surface area contributed by atoms with Crippen molar-refractivity contribution in [3.63, 3.8) is 0 Å². The van der Waals surface area contributed by atoms with E-state index in [0.717, 1.165) is 66.7 Å². The summed E-state index contributed by atoms with van der Waals surface area (Å²) < 4.78 is 12.0. The van der Waals surface area contributed by atoms with Crippen molar-refractivity contribution in [2.45, 2.75) is 139 Å². The van der Waals surface area contributed by atoms with Crippen molar-refractivity contribution >= 4 is 5.71 Å². The van der Waals surface area contributed by atoms with Crippen molar-refractivity contribution in [3.8, 4) is 0 Å². The molecular weight excluding hydrogens is 618 g/mol. The van der Waals surface area contributed by atoms with E-state index in [4.69, 9.17) is 20.2 Å². The van der Waals surface area contributed by atoms with Crippen LogP contribution in [0.3, 0.4) is 0 Å². The summed E-state index contributed by atoms with van der Waals surface area (Å²) >= 11 is 0. The zero-order chi connectivity index (χ0) is 35.5. The van der Waals surface area contributed by atoms with E-state index in [-0.39, 0.29) is 62.9 Å². The van der Waals surface area contributed by atoms with Gasteiger partial charge in [0.15, 0.2) is 0 Å². The number of nitrogens with zero attached hydrogens (tertiary/aromatic N) is 1. The Kier molecular flexibility index (Phi) is 30.9. The van der Waals surface area contributed by atoms with Crippen molar-refractivity contribution in [1.82, 2.24) is 5.32 Å². The smallest absolute Gasteiger partial charge is 0.667 e. The number of rotatable bonds is 19. The van der Waals surface area contributed by atoms with E-state index < -0.39 is 0 Å². The maximum Gasteiger partial charge on any atom is 1.00 e. The Bertz CT molecular complexity index is 1150. The maximum atomic E-state index is 8.63. The van der Waals surface area contributed by atoms with Gasteiger partial charge in [0.2, 0.25) is 0 Å². The van der Waals surface area contributed by atoms with E-state index in [1.807, 2.05) is 45.1 Å². The van der Waals surface area contributed by atoms with E-state index in [0.29, 0.717) is 18.7 Å². The van der Waals surface area contributed by atoms with Gasteiger partial charge in [-0.25, -0.2) is 0 Å². The SMILES string of the molecule is CCCCNCCC.CCc1ccccc1.[CH2-]C/C=C(C)/C(/N=C(CCC)\C(=C\C)C(\C)=C(/C=C\C)OCCC)=C(\[NH-])OC1(C)CC1.[K+]. The van der Waals surface area contributed by atoms with Crippen LogP contribution in [-0.4, -0.2) is 31.0 Å². The van der Waals surface area contributed by atoms with Gasteiger partial charge in [-0.05, 0) is 121 Å². The molecule has 0 aliphatic heterocycles. The Hall–Kier alpha value is -1.41. The molecule has 1 aromatic carbocycles. The van der Waals surface area contributed by atoms with Crippen LogP contribution in [0.2, 0.25) is 0 Å². The number of allylic oxidation sites excluding steroid dienone is 7. The number of hydrogen-bond donors (Lipinski definition) is 1. The first-order valence-electron chi connectivity index (χ1n) is 18.2. The average molecular weight is 687 g/mol. The summed E-state index contributed by atoms with van der Waals surface area (Å²) in [6.45, 7) is 27.9. The summed E-state index contributed by atoms with van der Waals surface area (Å²) in [5, 5.41) is 3.34. The normalized spacial score (nSPS) is 15.2. The molecule has 48 heavy (non-hydrogen) atoms. The van der Waals surface area contributed by atoms with Gasteiger partial charge in [-0.15, -0.1) is 6.08 Å². The van der Waals surface area contributed by atoms with Gasteiger partial charge in [0.05, 0.1) is 12.3 Å². The molecule has 2 rings (SSSR count). The molecule has 266 valence electrons. The van der Waals surface area contributed by atoms with Gasteiger partial charge in [-0.1, -0.05) is 89.9 Å². The summed E-state index contributed by atoms with van der Waals surface area (Å²) in [4.78, 5) is 5.02. The third-order valence-electron chi connectivity index (χ3n) is 7.61. The largest absolute Gasteiger partial charge is 1.00 e. The molecule has 0 radical (unpaired) electrons. The van der Waals surface area contributed by atoms with Crippen molar-refractivity contribution in [3.05, 3.63) is 107 Å². The Morgan fingerprint density at radius 2 is 1.65 bits per heavy atom. The molecule has 1 aliphatic rings. The molecule has 6 heteroatoms. The number of unbranched alkanes of at least 4 members (excludes halogenated alkanes) is 1. The van der Waals surface area contributed by atoms with Crippen LogP contribution in [0.5, 0.6) is 0 Å². The van der Waals surface area contributed by atoms with Crippen LogP contribution in [-0.2, 0) is 15.9 Å². The number of aliphatic imine (C=N–C) groups is 1. The standard InChI is InChI=1S/C27H42N2O2.C8H10.C7H17N.K/c1-9-14-20(6)25(26(28)31-27(8)17-18-27)29-23(15-10-2)22(13-5)21(7)24(16-11-3)30-19-12-4;1-2-8-6-4-3-5-7-8;1-3-5-7-8-6-4-2;/h11,13-14,16,28H,1,9-10,12,15,17-19H2,2-8H3;3-7H,2H2,1H3;8H,3-7H2,1-2H3;/q-2;;;+1/b16-11-,20-14+,22-13+,24-21+,26-25-,29-23-;;;. The van der Waals surface area contributed by atoms with Crippen LogP contribution in [0.4, 0.5) is 0 Å². The molecular formula is C42H69KN3O2-. The number of nitrogens with one attached hydrogen (secondary N) is 2. The third kappa shape index (κ3) is 21.6. The van der Waals surface area contributed by atoms with Gasteiger partial charge in [0.25, 0.3) is 0 Å². The minimum Gasteiger partial charge on any atom is -0.667 e. The summed E-state index contributed by atoms with van der Waals surface area (Å²) in [5.74, 6) is 1.01. The molecule has 0 atom stereocenters. The number of aryl methyl sites for hydroxylation is 1. The molecule has 0 bridgehead atoms. The molecule has 1 fully saturated rings. The monoisotopic (exact) mass is 687 g/mol. The maximum absolute atomic E-state index is 8.63. The van der Waals surface area contributed by atoms with Crippen molar-refractivity contribution in [2.24, 2.45) is 4.99 Å². The van der Waals surface area contributed by atoms with Crippen LogP contribution >= 0.6 is 0 Å². The van der Waals surface area contributed by atoms with E-state index in [1.54, 1.807) is 0 Å². The Labute approximate surface area is 339 Å². The van der Waals surface area contributed by atoms with Gasteiger partial charge >= 0.3 is 51.4 Å². The van der Waals surface area contributed by atoms with Gasteiger partial charge < -0.3 is 27.4 Å². The molecule has 0 unspecified atom stereocenters. The van der Waals surface area contributed by atoms with Gasteiger partial charge in [0.1, 0.15) is 11.4 Å². The summed E-state index contributed by atoms with van der Waals surface area (Å²) in [6, 6.07) is 10.5. The molecule has 0 amide bonds. The van der Waals surface area contributed by atoms with Gasteiger partial charge in [0, 0.05) is 11.6 Å². The molecule has 0 spiro atoms. The van der Waals surface area contributed by atoms with Gasteiger partial charge in [-0.3, -0.25) is 4.99 Å². The number of hydrogen-bond acceptors (Lipinski definition) is 4. The van der Waals surface area contributed by atoms with E-state index >= 15 is 0 Å². The topological polar surface area (TPSA) is 66.7 Å². The zero-order valence-corrected chi connectivity index (χ0v) is 36.0. The van der Waals surface area contributed by atoms with E-state index in [9.17, 15) is 0 Å². The second-order valence-corrected chi connectivity index (χ2v) is 12.2. The van der Waals surface area contributed by atoms with E-state index in [1.165, 1.54) is 37.9 Å². The van der Waals surface area contributed by atoms with Gasteiger partial charge in [-0.2, -0.15) is 6.42 Å². The number of benzene rings is 1. The van der Waals surface area contributed by atoms with Crippen LogP contribution in [0.15, 0.2) is 93.7 Å². The predicted molar refractivity (Wildman–Crippen MR) is 208 cm³/mol. The zero-order valence-electron chi connectivity index (χ0n) is 32.9. The predicted octanol–water partition coefficient (Wildman–Crippen LogP) is 9.45. The number of ether oxygens (including phenoxy) is 2. The van der Waals surface area contributed by atoms with Crippen LogP contribution in [0.25, 0.3) is 5.73 Å².